The number of benzene rings is 2. The highest BCUT2D eigenvalue weighted by Gasteiger charge is 2.16. The zero-order chi connectivity index (χ0) is 20.5. The van der Waals surface area contributed by atoms with Crippen molar-refractivity contribution in [2.75, 3.05) is 6.61 Å². The largest absolute Gasteiger partial charge is 0.484 e. The van der Waals surface area contributed by atoms with Gasteiger partial charge in [0.15, 0.2) is 12.7 Å². The van der Waals surface area contributed by atoms with E-state index in [1.807, 2.05) is 24.3 Å². The molecule has 0 aliphatic rings. The van der Waals surface area contributed by atoms with Crippen LogP contribution in [0.4, 0.5) is 0 Å². The van der Waals surface area contributed by atoms with Crippen molar-refractivity contribution in [2.24, 2.45) is 0 Å². The second kappa shape index (κ2) is 10.6. The van der Waals surface area contributed by atoms with Crippen LogP contribution in [0.3, 0.4) is 0 Å². The van der Waals surface area contributed by atoms with Crippen molar-refractivity contribution in [2.45, 2.75) is 39.2 Å². The fourth-order valence-electron chi connectivity index (χ4n) is 2.33. The van der Waals surface area contributed by atoms with E-state index in [1.54, 1.807) is 31.2 Å². The Morgan fingerprint density at radius 3 is 2.36 bits per heavy atom. The maximum absolute atomic E-state index is 12.0. The second-order valence-corrected chi connectivity index (χ2v) is 6.80. The Morgan fingerprint density at radius 1 is 1.04 bits per heavy atom. The van der Waals surface area contributed by atoms with E-state index in [4.69, 9.17) is 21.1 Å². The van der Waals surface area contributed by atoms with Crippen molar-refractivity contribution in [1.82, 2.24) is 10.9 Å². The minimum Gasteiger partial charge on any atom is -0.484 e. The number of rotatable bonds is 8. The molecule has 0 aliphatic heterocycles. The summed E-state index contributed by atoms with van der Waals surface area (Å²) in [5.41, 5.74) is 5.82. The van der Waals surface area contributed by atoms with Crippen molar-refractivity contribution < 1.29 is 19.1 Å². The van der Waals surface area contributed by atoms with Crippen molar-refractivity contribution in [1.29, 1.82) is 0 Å². The molecule has 2 unspecified atom stereocenters. The summed E-state index contributed by atoms with van der Waals surface area (Å²) in [6.07, 6.45) is 0.218. The van der Waals surface area contributed by atoms with Crippen LogP contribution in [-0.4, -0.2) is 24.5 Å². The van der Waals surface area contributed by atoms with E-state index < -0.39 is 17.9 Å². The van der Waals surface area contributed by atoms with Gasteiger partial charge in [0.25, 0.3) is 11.8 Å². The Morgan fingerprint density at radius 2 is 1.71 bits per heavy atom. The first kappa shape index (κ1) is 21.6. The summed E-state index contributed by atoms with van der Waals surface area (Å²) >= 11 is 5.99. The molecule has 0 heterocycles. The van der Waals surface area contributed by atoms with Gasteiger partial charge >= 0.3 is 0 Å². The van der Waals surface area contributed by atoms with Crippen LogP contribution in [0.25, 0.3) is 0 Å². The molecule has 0 bridgehead atoms. The highest BCUT2D eigenvalue weighted by atomic mass is 35.5. The Hall–Kier alpha value is -2.73. The van der Waals surface area contributed by atoms with Crippen molar-refractivity contribution >= 4 is 23.4 Å². The molecule has 0 saturated heterocycles. The zero-order valence-corrected chi connectivity index (χ0v) is 17.0. The molecular formula is C21H25ClN2O4. The van der Waals surface area contributed by atoms with Crippen LogP contribution in [0.5, 0.6) is 11.5 Å². The zero-order valence-electron chi connectivity index (χ0n) is 16.2. The van der Waals surface area contributed by atoms with Crippen molar-refractivity contribution in [3.63, 3.8) is 0 Å². The van der Waals surface area contributed by atoms with E-state index >= 15 is 0 Å². The molecule has 0 spiro atoms. The Balaban J connectivity index is 1.74. The monoisotopic (exact) mass is 404 g/mol. The standard InChI is InChI=1S/C21H25ClN2O4/c1-4-14(2)16-9-11-17(12-10-16)27-13-20(25)23-24-21(26)15(3)28-19-8-6-5-7-18(19)22/h5-12,14-15H,4,13H2,1-3H3,(H,23,25)(H,24,26). The maximum Gasteiger partial charge on any atom is 0.279 e. The molecule has 150 valence electrons. The molecule has 0 radical (unpaired) electrons. The summed E-state index contributed by atoms with van der Waals surface area (Å²) in [6.45, 7) is 5.62. The number of para-hydroxylation sites is 1. The number of hydrogen-bond donors (Lipinski definition) is 2. The second-order valence-electron chi connectivity index (χ2n) is 6.39. The fraction of sp³-hybridized carbons (Fsp3) is 0.333. The number of carbonyl (C=O) groups is 2. The van der Waals surface area contributed by atoms with Crippen LogP contribution >= 0.6 is 11.6 Å². The van der Waals surface area contributed by atoms with E-state index in [0.717, 1.165) is 6.42 Å². The molecule has 0 fully saturated rings. The quantitative estimate of drug-likeness (QED) is 0.655. The summed E-state index contributed by atoms with van der Waals surface area (Å²) < 4.78 is 10.9. The van der Waals surface area contributed by atoms with Gasteiger partial charge in [-0.3, -0.25) is 20.4 Å². The molecule has 2 aromatic rings. The van der Waals surface area contributed by atoms with Crippen molar-refractivity contribution in [3.8, 4) is 11.5 Å². The summed E-state index contributed by atoms with van der Waals surface area (Å²) in [6, 6.07) is 14.5. The van der Waals surface area contributed by atoms with Crippen LogP contribution in [-0.2, 0) is 9.59 Å². The van der Waals surface area contributed by atoms with Gasteiger partial charge in [-0.1, -0.05) is 49.7 Å². The molecule has 0 aromatic heterocycles. The highest BCUT2D eigenvalue weighted by Crippen LogP contribution is 2.24. The fourth-order valence-corrected chi connectivity index (χ4v) is 2.51. The predicted molar refractivity (Wildman–Crippen MR) is 108 cm³/mol. The van der Waals surface area contributed by atoms with Gasteiger partial charge in [0.2, 0.25) is 0 Å². The number of amides is 2. The third-order valence-electron chi connectivity index (χ3n) is 4.27. The minimum absolute atomic E-state index is 0.220. The molecule has 2 N–H and O–H groups in total. The van der Waals surface area contributed by atoms with Gasteiger partial charge < -0.3 is 9.47 Å². The average Bonchev–Trinajstić information content (AvgIpc) is 2.71. The van der Waals surface area contributed by atoms with Crippen LogP contribution in [0.2, 0.25) is 5.02 Å². The number of carbonyl (C=O) groups excluding carboxylic acids is 2. The van der Waals surface area contributed by atoms with Crippen LogP contribution in [0.1, 0.15) is 38.7 Å². The Kier molecular flexibility index (Phi) is 8.14. The molecule has 28 heavy (non-hydrogen) atoms. The normalized spacial score (nSPS) is 12.6. The molecule has 2 aromatic carbocycles. The van der Waals surface area contributed by atoms with Crippen LogP contribution in [0, 0.1) is 0 Å². The lowest BCUT2D eigenvalue weighted by atomic mass is 9.99. The minimum atomic E-state index is -0.839. The first-order valence-electron chi connectivity index (χ1n) is 9.13. The number of hydrogen-bond acceptors (Lipinski definition) is 4. The molecule has 2 atom stereocenters. The van der Waals surface area contributed by atoms with Gasteiger partial charge in [-0.15, -0.1) is 0 Å². The van der Waals surface area contributed by atoms with Crippen LogP contribution < -0.4 is 20.3 Å². The average molecular weight is 405 g/mol. The predicted octanol–water partition coefficient (Wildman–Crippen LogP) is 3.85. The van der Waals surface area contributed by atoms with E-state index in [0.29, 0.717) is 22.4 Å². The van der Waals surface area contributed by atoms with E-state index in [9.17, 15) is 9.59 Å². The molecule has 0 aliphatic carbocycles. The van der Waals surface area contributed by atoms with E-state index in [-0.39, 0.29) is 6.61 Å². The molecule has 6 nitrogen and oxygen atoms in total. The first-order chi connectivity index (χ1) is 13.4. The third kappa shape index (κ3) is 6.46. The summed E-state index contributed by atoms with van der Waals surface area (Å²) in [5.74, 6) is 0.462. The van der Waals surface area contributed by atoms with Gasteiger partial charge in [0.05, 0.1) is 5.02 Å². The van der Waals surface area contributed by atoms with Crippen molar-refractivity contribution in [3.05, 3.63) is 59.1 Å². The van der Waals surface area contributed by atoms with Crippen LogP contribution in [0.15, 0.2) is 48.5 Å². The lowest BCUT2D eigenvalue weighted by Crippen LogP contribution is -2.48. The van der Waals surface area contributed by atoms with Gasteiger partial charge in [0, 0.05) is 0 Å². The van der Waals surface area contributed by atoms with E-state index in [1.165, 1.54) is 5.56 Å². The number of hydrazine groups is 1. The maximum atomic E-state index is 12.0. The Labute approximate surface area is 170 Å². The summed E-state index contributed by atoms with van der Waals surface area (Å²) in [4.78, 5) is 23.9. The SMILES string of the molecule is CCC(C)c1ccc(OCC(=O)NNC(=O)C(C)Oc2ccccc2Cl)cc1. The molecular weight excluding hydrogens is 380 g/mol. The number of nitrogens with one attached hydrogen (secondary N) is 2. The van der Waals surface area contributed by atoms with Gasteiger partial charge in [-0.25, -0.2) is 0 Å². The van der Waals surface area contributed by atoms with Gasteiger partial charge in [-0.2, -0.15) is 0 Å². The molecule has 7 heteroatoms. The smallest absolute Gasteiger partial charge is 0.279 e. The molecule has 2 rings (SSSR count). The van der Waals surface area contributed by atoms with Gasteiger partial charge in [0.1, 0.15) is 11.5 Å². The summed E-state index contributed by atoms with van der Waals surface area (Å²) in [7, 11) is 0. The Bertz CT molecular complexity index is 795. The lowest BCUT2D eigenvalue weighted by molar-refractivity contribution is -0.133. The first-order valence-corrected chi connectivity index (χ1v) is 9.51. The summed E-state index contributed by atoms with van der Waals surface area (Å²) in [5, 5.41) is 0.402. The molecule has 0 saturated carbocycles. The topological polar surface area (TPSA) is 76.7 Å². The van der Waals surface area contributed by atoms with E-state index in [2.05, 4.69) is 24.7 Å². The third-order valence-corrected chi connectivity index (χ3v) is 4.58. The molecule has 2 amide bonds. The number of ether oxygens (including phenoxy) is 2. The lowest BCUT2D eigenvalue weighted by Gasteiger charge is -2.16. The van der Waals surface area contributed by atoms with Gasteiger partial charge in [-0.05, 0) is 49.1 Å². The highest BCUT2D eigenvalue weighted by molar-refractivity contribution is 6.32. The number of halogens is 1.